The van der Waals surface area contributed by atoms with E-state index in [0.29, 0.717) is 0 Å². The van der Waals surface area contributed by atoms with Gasteiger partial charge < -0.3 is 356 Å². The maximum atomic E-state index is 9.64. The van der Waals surface area contributed by atoms with Gasteiger partial charge in [-0.25, -0.2) is 0 Å². The molecule has 63 heavy (non-hydrogen) atoms. The first-order valence-electron chi connectivity index (χ1n) is 5.62. The number of quaternary nitrogens is 1. The zero-order valence-electron chi connectivity index (χ0n) is 28.5. The Kier molecular flexibility index (Phi) is 3210. The molecule has 0 amide bonds. The average Bonchev–Trinajstić information content (AvgIpc) is 3.03. The van der Waals surface area contributed by atoms with E-state index in [-0.39, 0.29) is 432 Å². The standard InChI is InChI=1S/C4H6O4.2ClH.H2N2P2.H3NS.10H2NS.2H2N.H2O.13Pt.11H2S/c5-3(6)1-2-4(7)8;;;3-1-2-4;11*1-2;;;;;;;;;;;;;;;;;;;;;;;;;;;/h1-2H2,(H,5,6)(H,7,8);2*1H;3-4H;2H,1H2;10*1H2;3*1H2;;;;;;;;;;;;;;11*1H2/q;;;;;12*-1;;;;;;;;;;;;;;+4;;;;;;;;;;;/p-12. The van der Waals surface area contributed by atoms with Gasteiger partial charge in [-0.3, -0.25) is 14.7 Å². The second-order valence-corrected chi connectivity index (χ2v) is 5.22. The van der Waals surface area contributed by atoms with Crippen molar-refractivity contribution in [3.8, 4) is 0 Å². The number of carbonyl (C=O) groups is 2. The zero-order chi connectivity index (χ0) is 34.7. The van der Waals surface area contributed by atoms with Gasteiger partial charge in [-0.2, -0.15) is 0 Å². The first-order chi connectivity index (χ1) is 18.0. The minimum absolute atomic E-state index is 0. The van der Waals surface area contributed by atoms with E-state index in [9.17, 15) is 9.59 Å². The fraction of sp³-hybridized carbons (Fsp3) is 0.500. The summed E-state index contributed by atoms with van der Waals surface area (Å²) in [7, 11) is 15.1. The van der Waals surface area contributed by atoms with Gasteiger partial charge in [-0.05, 0) is 0 Å². The van der Waals surface area contributed by atoms with Crippen molar-refractivity contribution < 1.29 is 300 Å². The maximum absolute atomic E-state index is 9.64. The van der Waals surface area contributed by atoms with E-state index in [1.54, 1.807) is 0 Å². The van der Waals surface area contributed by atoms with Crippen molar-refractivity contribution in [3.63, 3.8) is 0 Å². The van der Waals surface area contributed by atoms with Gasteiger partial charge in [0.25, 0.3) is 0 Å². The summed E-state index contributed by atoms with van der Waals surface area (Å²) in [5, 5.41) is 59.6. The molecule has 0 spiro atoms. The molecule has 0 fully saturated rings. The summed E-state index contributed by atoms with van der Waals surface area (Å²) in [5.74, 6) is -2.15. The molecule has 0 unspecified atom stereocenters. The summed E-state index contributed by atoms with van der Waals surface area (Å²) in [6, 6.07) is 0. The fourth-order valence-corrected chi connectivity index (χ4v) is 0.214. The van der Waals surface area contributed by atoms with Crippen molar-refractivity contribution in [3.05, 3.63) is 12.3 Å². The van der Waals surface area contributed by atoms with E-state index in [1.165, 1.54) is 0 Å². The minimum Gasteiger partial charge on any atom is -0.813 e. The van der Waals surface area contributed by atoms with Crippen LogP contribution in [0.25, 0.3) is 12.3 Å². The van der Waals surface area contributed by atoms with Gasteiger partial charge in [0.1, 0.15) is 0 Å². The Morgan fingerprint density at radius 2 is 0.460 bits per heavy atom. The Balaban J connectivity index is -0.00000000237. The quantitative estimate of drug-likeness (QED) is 0.0539. The van der Waals surface area contributed by atoms with Crippen molar-refractivity contribution in [2.75, 3.05) is 0 Å². The summed E-state index contributed by atoms with van der Waals surface area (Å²) in [6.45, 7) is 0. The van der Waals surface area contributed by atoms with Gasteiger partial charge >= 0.3 is 47.3 Å². The van der Waals surface area contributed by atoms with Crippen molar-refractivity contribution in [2.45, 2.75) is 12.8 Å². The minimum atomic E-state index is -1.08. The van der Waals surface area contributed by atoms with E-state index < -0.39 is 28.4 Å². The van der Waals surface area contributed by atoms with Gasteiger partial charge in [-0.15, -0.1) is 9.71 Å². The van der Waals surface area contributed by atoms with E-state index in [4.69, 9.17) is 29.0 Å². The predicted octanol–water partition coefficient (Wildman–Crippen LogP) is -6.38. The van der Waals surface area contributed by atoms with Crippen LogP contribution in [0.4, 0.5) is 0 Å². The molecule has 0 aliphatic heterocycles. The summed E-state index contributed by atoms with van der Waals surface area (Å²) in [4.78, 5) is 25.4. The van der Waals surface area contributed by atoms with Crippen LogP contribution >= 0.6 is 49.7 Å². The Morgan fingerprint density at radius 1 is 0.413 bits per heavy atom. The second-order valence-electron chi connectivity index (χ2n) is 1.53. The number of nitrogens with zero attached hydrogens (tertiary/aromatic N) is 2. The van der Waals surface area contributed by atoms with E-state index in [0.717, 1.165) is 0 Å². The summed E-state index contributed by atoms with van der Waals surface area (Å²) in [5.41, 5.74) is 0. The molecular weight excluding hydrogens is 3710 g/mol. The van der Waals surface area contributed by atoms with Crippen molar-refractivity contribution in [2.24, 2.45) is 61.1 Å². The third kappa shape index (κ3) is 940. The van der Waals surface area contributed by atoms with Gasteiger partial charge in [0.05, 0.1) is 25.7 Å². The Bertz CT molecular complexity index is 301. The normalized spacial score (nSPS) is 2.79. The smallest absolute Gasteiger partial charge is 0.0527 e. The third-order valence-corrected chi connectivity index (χ3v) is 1.00. The van der Waals surface area contributed by atoms with Gasteiger partial charge in [-0.1, -0.05) is 0 Å². The van der Waals surface area contributed by atoms with E-state index in [2.05, 4.69) is 225 Å². The molecule has 0 aliphatic carbocycles. The predicted molar refractivity (Wildman–Crippen MR) is 296 cm³/mol. The maximum Gasteiger partial charge on any atom is 0.0527 e. The van der Waals surface area contributed by atoms with Crippen LogP contribution in [0.15, 0.2) is 9.71 Å². The second kappa shape index (κ2) is 639. The summed E-state index contributed by atoms with van der Waals surface area (Å²) in [6.07, 6.45) is -0.593. The Morgan fingerprint density at radius 3 is 0.476 bits per heavy atom. The SMILES string of the molecule is N[S-].N[S-].N[S-].N[S-].N[S-].N[S-].N[S-].N[S-].N[S-].N[S-].O.O=C(O)CCC(=O)O.P=NN=P.[Cl][Pt+2][Cl].[NH2-].[NH2-].[NH3+]S.[Pt].[Pt].[Pt].[Pt].[Pt].[Pt].[Pt].[Pt].[Pt].[Pt].[Pt].[Pt].[SH-].[SH-].[SH-].[SH-].[SH-].[SH-].[SH-].[SH-].[SH-].[SH-].[SH-]. The van der Waals surface area contributed by atoms with Crippen molar-refractivity contribution >= 4 is 338 Å². The molecule has 0 radical (unpaired) electrons. The number of hydrogen-bond donors (Lipinski definition) is 14. The largest absolute Gasteiger partial charge is 0.813 e. The molecule has 0 aromatic carbocycles. The molecule has 59 heteroatoms. The van der Waals surface area contributed by atoms with Crippen LogP contribution < -0.4 is 56.5 Å². The molecule has 476 valence electrons. The molecule has 0 aromatic rings. The monoisotopic (exact) mass is 3760 g/mol. The first-order valence-corrected chi connectivity index (χ1v) is 17.5. The number of halogens is 2. The number of carboxylic acid groups (broad SMARTS) is 2. The zero-order valence-corrected chi connectivity index (χ0v) is 80.4. The van der Waals surface area contributed by atoms with E-state index >= 15 is 0 Å². The molecule has 0 atom stereocenters. The van der Waals surface area contributed by atoms with E-state index in [1.807, 2.05) is 0 Å². The molecule has 0 rings (SSSR count). The number of hydrogen-bond acceptors (Lipinski definition) is 34. The van der Waals surface area contributed by atoms with Crippen LogP contribution in [-0.2, 0) is 555 Å². The molecule has 0 saturated heterocycles. The average molecular weight is 3760 g/mol. The van der Waals surface area contributed by atoms with Crippen LogP contribution in [0.3, 0.4) is 0 Å². The van der Waals surface area contributed by atoms with Crippen LogP contribution in [0.1, 0.15) is 12.8 Å². The fourth-order valence-electron chi connectivity index (χ4n) is 0.214. The van der Waals surface area contributed by atoms with Gasteiger partial charge in [0.2, 0.25) is 0 Å². The van der Waals surface area contributed by atoms with Crippen LogP contribution in [-0.4, -0.2) is 27.6 Å². The topological polar surface area (TPSA) is 486 Å². The molecule has 0 aromatic heterocycles. The number of rotatable bonds is 4. The van der Waals surface area contributed by atoms with Crippen LogP contribution in [0.5, 0.6) is 0 Å². The first kappa shape index (κ1) is 317. The molecule has 0 aliphatic rings. The molecule has 20 nitrogen and oxygen atoms in total. The molecular formula is C4H49Cl2N15O5P2Pt13S22-20. The van der Waals surface area contributed by atoms with Crippen molar-refractivity contribution in [1.82, 2.24) is 0 Å². The Hall–Kier alpha value is 15.8. The van der Waals surface area contributed by atoms with Gasteiger partial charge in [0.15, 0.2) is 0 Å². The number of carboxylic acids is 2. The van der Waals surface area contributed by atoms with Crippen LogP contribution in [0.2, 0.25) is 0 Å². The Labute approximate surface area is 709 Å². The number of nitrogens with two attached hydrogens (primary N) is 12. The molecule has 31 N–H and O–H groups in total. The molecule has 0 saturated carbocycles. The summed E-state index contributed by atoms with van der Waals surface area (Å²) >= 11 is 38.6. The van der Waals surface area contributed by atoms with Crippen LogP contribution in [0, 0.1) is 0 Å². The summed E-state index contributed by atoms with van der Waals surface area (Å²) < 4.78 is 0. The van der Waals surface area contributed by atoms with Crippen molar-refractivity contribution in [1.29, 1.82) is 0 Å². The molecule has 0 heterocycles. The molecule has 0 bridgehead atoms. The number of aliphatic carboxylic acids is 2. The number of thiol groups is 12. The van der Waals surface area contributed by atoms with Gasteiger partial charge in [0, 0.05) is 271 Å². The third-order valence-electron chi connectivity index (χ3n) is 0.603.